The first kappa shape index (κ1) is 3.65. The summed E-state index contributed by atoms with van der Waals surface area (Å²) < 4.78 is 0.813. The van der Waals surface area contributed by atoms with E-state index >= 15 is 0 Å². The van der Waals surface area contributed by atoms with Crippen LogP contribution in [0.5, 0.6) is 0 Å². The van der Waals surface area contributed by atoms with E-state index in [1.807, 2.05) is 0 Å². The van der Waals surface area contributed by atoms with Crippen LogP contribution >= 0.6 is 22.6 Å². The molecule has 0 aromatic rings. The minimum Gasteiger partial charge on any atom is -0.0732 e. The maximum absolute atomic E-state index is 2.39. The highest BCUT2D eigenvalue weighted by Gasteiger charge is 2.13. The molecule has 0 N–H and O–H groups in total. The molecule has 0 nitrogen and oxygen atoms in total. The van der Waals surface area contributed by atoms with E-state index in [0.717, 1.165) is 3.92 Å². The van der Waals surface area contributed by atoms with Crippen LogP contribution in [0.25, 0.3) is 0 Å². The molecule has 1 unspecified atom stereocenters. The number of rotatable bonds is 0. The van der Waals surface area contributed by atoms with Gasteiger partial charge in [0.05, 0.1) is 0 Å². The average molecular weight is 180 g/mol. The van der Waals surface area contributed by atoms with Crippen molar-refractivity contribution in [3.05, 3.63) is 11.6 Å². The summed E-state index contributed by atoms with van der Waals surface area (Å²) in [5, 5.41) is 0. The van der Waals surface area contributed by atoms with Crippen LogP contribution in [-0.2, 0) is 0 Å². The first-order chi connectivity index (χ1) is 2.30. The fourth-order valence-corrected chi connectivity index (χ4v) is 0.750. The molecule has 0 bridgehead atoms. The predicted molar refractivity (Wildman–Crippen MR) is 31.6 cm³/mol. The van der Waals surface area contributed by atoms with Gasteiger partial charge in [-0.3, -0.25) is 0 Å². The van der Waals surface area contributed by atoms with Gasteiger partial charge in [-0.15, -0.1) is 0 Å². The van der Waals surface area contributed by atoms with E-state index in [1.54, 1.807) is 0 Å². The summed E-state index contributed by atoms with van der Waals surface area (Å²) in [6.07, 6.45) is 2.24. The van der Waals surface area contributed by atoms with Gasteiger partial charge in [0.1, 0.15) is 0 Å². The molecule has 5 heavy (non-hydrogen) atoms. The van der Waals surface area contributed by atoms with Crippen LogP contribution in [0.15, 0.2) is 11.6 Å². The van der Waals surface area contributed by atoms with Gasteiger partial charge in [0.25, 0.3) is 0 Å². The molecule has 0 amide bonds. The Morgan fingerprint density at radius 3 is 2.20 bits per heavy atom. The molecule has 1 rings (SSSR count). The van der Waals surface area contributed by atoms with Gasteiger partial charge in [-0.2, -0.15) is 0 Å². The van der Waals surface area contributed by atoms with Crippen LogP contribution < -0.4 is 0 Å². The number of allylic oxidation sites excluding steroid dienone is 2. The first-order valence-electron chi connectivity index (χ1n) is 1.63. The lowest BCUT2D eigenvalue weighted by Crippen LogP contribution is -1.59. The van der Waals surface area contributed by atoms with Crippen molar-refractivity contribution in [2.75, 3.05) is 0 Å². The maximum atomic E-state index is 2.39. The third-order valence-electron chi connectivity index (χ3n) is 0.735. The Hall–Kier alpha value is 0.470. The fourth-order valence-electron chi connectivity index (χ4n) is 0.183. The highest BCUT2D eigenvalue weighted by Crippen LogP contribution is 2.27. The molecule has 0 saturated carbocycles. The van der Waals surface area contributed by atoms with Crippen molar-refractivity contribution in [1.82, 2.24) is 0 Å². The number of halogens is 1. The largest absolute Gasteiger partial charge is 0.0732 e. The molecule has 1 heteroatoms. The Morgan fingerprint density at radius 1 is 2.00 bits per heavy atom. The van der Waals surface area contributed by atoms with Gasteiger partial charge in [0, 0.05) is 3.92 Å². The molecule has 0 fully saturated rings. The lowest BCUT2D eigenvalue weighted by Gasteiger charge is -1.66. The van der Waals surface area contributed by atoms with Crippen molar-refractivity contribution in [1.29, 1.82) is 0 Å². The van der Waals surface area contributed by atoms with E-state index in [4.69, 9.17) is 0 Å². The third-order valence-corrected chi connectivity index (χ3v) is 2.08. The van der Waals surface area contributed by atoms with Crippen LogP contribution in [0.2, 0.25) is 0 Å². The zero-order valence-electron chi connectivity index (χ0n) is 3.03. The topological polar surface area (TPSA) is 0 Å². The van der Waals surface area contributed by atoms with Gasteiger partial charge in [0.15, 0.2) is 0 Å². The lowest BCUT2D eigenvalue weighted by molar-refractivity contribution is 1.54. The minimum absolute atomic E-state index is 0.813. The van der Waals surface area contributed by atoms with E-state index in [9.17, 15) is 0 Å². The van der Waals surface area contributed by atoms with E-state index in [1.165, 1.54) is 5.57 Å². The second kappa shape index (κ2) is 0.965. The molecule has 0 radical (unpaired) electrons. The Bertz CT molecular complexity index is 73.7. The van der Waals surface area contributed by atoms with E-state index in [2.05, 4.69) is 35.6 Å². The molecule has 1 aliphatic rings. The third kappa shape index (κ3) is 0.651. The van der Waals surface area contributed by atoms with Crippen LogP contribution in [0.1, 0.15) is 6.92 Å². The summed E-state index contributed by atoms with van der Waals surface area (Å²) in [4.78, 5) is 0. The summed E-state index contributed by atoms with van der Waals surface area (Å²) in [6, 6.07) is 0. The monoisotopic (exact) mass is 180 g/mol. The molecular formula is C4H5I. The van der Waals surface area contributed by atoms with Gasteiger partial charge >= 0.3 is 0 Å². The van der Waals surface area contributed by atoms with Crippen molar-refractivity contribution < 1.29 is 0 Å². The summed E-state index contributed by atoms with van der Waals surface area (Å²) in [7, 11) is 0. The second-order valence-corrected chi connectivity index (χ2v) is 2.65. The van der Waals surface area contributed by atoms with Gasteiger partial charge in [0.2, 0.25) is 0 Å². The Balaban J connectivity index is 2.38. The predicted octanol–water partition coefficient (Wildman–Crippen LogP) is 1.75. The highest BCUT2D eigenvalue weighted by molar-refractivity contribution is 14.1. The van der Waals surface area contributed by atoms with Gasteiger partial charge in [-0.1, -0.05) is 34.2 Å². The van der Waals surface area contributed by atoms with E-state index in [0.29, 0.717) is 0 Å². The molecule has 1 atom stereocenters. The Morgan fingerprint density at radius 2 is 2.20 bits per heavy atom. The van der Waals surface area contributed by atoms with Crippen LogP contribution in [0.3, 0.4) is 0 Å². The molecular weight excluding hydrogens is 175 g/mol. The summed E-state index contributed by atoms with van der Waals surface area (Å²) in [5.41, 5.74) is 1.53. The number of alkyl halides is 1. The average Bonchev–Trinajstić information content (AvgIpc) is 1.79. The Kier molecular flexibility index (Phi) is 0.705. The molecule has 0 heterocycles. The fraction of sp³-hybridized carbons (Fsp3) is 0.500. The van der Waals surface area contributed by atoms with E-state index < -0.39 is 0 Å². The quantitative estimate of drug-likeness (QED) is 0.302. The molecule has 28 valence electrons. The SMILES string of the molecule is CC1=CC1I. The summed E-state index contributed by atoms with van der Waals surface area (Å²) in [6.45, 7) is 2.15. The number of hydrogen-bond donors (Lipinski definition) is 0. The van der Waals surface area contributed by atoms with Crippen molar-refractivity contribution >= 4 is 22.6 Å². The van der Waals surface area contributed by atoms with Crippen LogP contribution in [0, 0.1) is 0 Å². The molecule has 1 aliphatic carbocycles. The molecule has 0 aliphatic heterocycles. The normalized spacial score (nSPS) is 33.2. The zero-order chi connectivity index (χ0) is 3.86. The van der Waals surface area contributed by atoms with Crippen molar-refractivity contribution in [2.24, 2.45) is 0 Å². The van der Waals surface area contributed by atoms with Crippen molar-refractivity contribution in [3.63, 3.8) is 0 Å². The molecule has 0 aromatic carbocycles. The van der Waals surface area contributed by atoms with Gasteiger partial charge < -0.3 is 0 Å². The lowest BCUT2D eigenvalue weighted by atomic mass is 10.6. The number of hydrogen-bond acceptors (Lipinski definition) is 0. The summed E-state index contributed by atoms with van der Waals surface area (Å²) in [5.74, 6) is 0. The minimum atomic E-state index is 0.813. The second-order valence-electron chi connectivity index (χ2n) is 1.31. The highest BCUT2D eigenvalue weighted by atomic mass is 127. The zero-order valence-corrected chi connectivity index (χ0v) is 5.19. The molecule has 0 spiro atoms. The first-order valence-corrected chi connectivity index (χ1v) is 2.87. The van der Waals surface area contributed by atoms with Gasteiger partial charge in [-0.25, -0.2) is 0 Å². The van der Waals surface area contributed by atoms with Gasteiger partial charge in [-0.05, 0) is 6.92 Å². The van der Waals surface area contributed by atoms with Crippen LogP contribution in [-0.4, -0.2) is 3.92 Å². The van der Waals surface area contributed by atoms with Crippen molar-refractivity contribution in [3.8, 4) is 0 Å². The van der Waals surface area contributed by atoms with Crippen molar-refractivity contribution in [2.45, 2.75) is 10.8 Å². The maximum Gasteiger partial charge on any atom is 0.0499 e. The standard InChI is InChI=1S/C4H5I/c1-3-2-4(3)5/h2,4H,1H3. The molecule has 0 saturated heterocycles. The van der Waals surface area contributed by atoms with Crippen LogP contribution in [0.4, 0.5) is 0 Å². The summed E-state index contributed by atoms with van der Waals surface area (Å²) >= 11 is 2.39. The Labute approximate surface area is 45.4 Å². The smallest absolute Gasteiger partial charge is 0.0499 e. The molecule has 0 aromatic heterocycles. The van der Waals surface area contributed by atoms with E-state index in [-0.39, 0.29) is 0 Å².